The molecule has 6 nitrogen and oxygen atoms in total. The van der Waals surface area contributed by atoms with Gasteiger partial charge in [-0.3, -0.25) is 14.2 Å². The van der Waals surface area contributed by atoms with Crippen molar-refractivity contribution in [2.24, 2.45) is 5.92 Å². The normalized spacial score (nSPS) is 16.0. The number of hydrogen-bond donors (Lipinski definition) is 0. The molecule has 1 atom stereocenters. The molecule has 156 valence electrons. The fourth-order valence-corrected chi connectivity index (χ4v) is 4.27. The van der Waals surface area contributed by atoms with Crippen LogP contribution >= 0.6 is 23.2 Å². The Labute approximate surface area is 183 Å². The van der Waals surface area contributed by atoms with E-state index in [0.29, 0.717) is 52.6 Å². The lowest BCUT2D eigenvalue weighted by Gasteiger charge is -2.33. The van der Waals surface area contributed by atoms with Crippen molar-refractivity contribution in [3.8, 4) is 0 Å². The average molecular weight is 447 g/mol. The molecule has 8 heteroatoms. The van der Waals surface area contributed by atoms with Gasteiger partial charge in [-0.1, -0.05) is 35.3 Å². The van der Waals surface area contributed by atoms with E-state index < -0.39 is 11.8 Å². The molecule has 1 amide bonds. The Morgan fingerprint density at radius 2 is 1.77 bits per heavy atom. The summed E-state index contributed by atoms with van der Waals surface area (Å²) in [6.07, 6.45) is 1.11. The fourth-order valence-electron chi connectivity index (χ4n) is 3.97. The molecule has 1 aliphatic heterocycles. The molecule has 0 aliphatic carbocycles. The number of amides is 1. The summed E-state index contributed by atoms with van der Waals surface area (Å²) >= 11 is 12.0. The van der Waals surface area contributed by atoms with Crippen molar-refractivity contribution < 1.29 is 14.0 Å². The second-order valence-corrected chi connectivity index (χ2v) is 8.29. The first-order valence-electron chi connectivity index (χ1n) is 9.75. The Balaban J connectivity index is 1.45. The number of benzene rings is 2. The summed E-state index contributed by atoms with van der Waals surface area (Å²) in [4.78, 5) is 39.8. The maximum Gasteiger partial charge on any atom is 0.420 e. The van der Waals surface area contributed by atoms with E-state index in [1.165, 1.54) is 4.57 Å². The molecule has 0 bridgehead atoms. The molecule has 1 unspecified atom stereocenters. The number of fused-ring (bicyclic) bond motifs is 1. The summed E-state index contributed by atoms with van der Waals surface area (Å²) in [6, 6.07) is 11.2. The number of aromatic nitrogens is 1. The molecule has 0 spiro atoms. The standard InChI is InChI=1S/C22H20Cl2N2O4/c1-13(26-18-4-2-3-5-19(18)30-22(26)29)21(28)25-10-8-14(9-11-25)20(27)15-6-7-16(23)17(24)12-15/h2-7,12-14H,8-11H2,1H3. The lowest BCUT2D eigenvalue weighted by atomic mass is 9.88. The average Bonchev–Trinajstić information content (AvgIpc) is 3.10. The van der Waals surface area contributed by atoms with E-state index in [-0.39, 0.29) is 17.6 Å². The van der Waals surface area contributed by atoms with Gasteiger partial charge in [0, 0.05) is 24.6 Å². The Morgan fingerprint density at radius 1 is 1.07 bits per heavy atom. The molecule has 1 aromatic heterocycles. The highest BCUT2D eigenvalue weighted by atomic mass is 35.5. The van der Waals surface area contributed by atoms with Crippen molar-refractivity contribution in [1.82, 2.24) is 9.47 Å². The molecule has 2 heterocycles. The largest absolute Gasteiger partial charge is 0.420 e. The van der Waals surface area contributed by atoms with Crippen molar-refractivity contribution in [2.75, 3.05) is 13.1 Å². The molecule has 1 aliphatic rings. The number of hydrogen-bond acceptors (Lipinski definition) is 4. The van der Waals surface area contributed by atoms with Crippen LogP contribution in [0.2, 0.25) is 10.0 Å². The molecule has 1 saturated heterocycles. The molecule has 0 saturated carbocycles. The minimum Gasteiger partial charge on any atom is -0.408 e. The topological polar surface area (TPSA) is 72.5 Å². The quantitative estimate of drug-likeness (QED) is 0.549. The number of piperidine rings is 1. The second-order valence-electron chi connectivity index (χ2n) is 7.47. The van der Waals surface area contributed by atoms with E-state index in [0.717, 1.165) is 0 Å². The number of ketones is 1. The summed E-state index contributed by atoms with van der Waals surface area (Å²) in [7, 11) is 0. The Morgan fingerprint density at radius 3 is 2.47 bits per heavy atom. The SMILES string of the molecule is CC(C(=O)N1CCC(C(=O)c2ccc(Cl)c(Cl)c2)CC1)n1c(=O)oc2ccccc21. The van der Waals surface area contributed by atoms with Crippen LogP contribution in [0.5, 0.6) is 0 Å². The number of nitrogens with zero attached hydrogens (tertiary/aromatic N) is 2. The van der Waals surface area contributed by atoms with Crippen LogP contribution in [-0.2, 0) is 4.79 Å². The smallest absolute Gasteiger partial charge is 0.408 e. The van der Waals surface area contributed by atoms with Gasteiger partial charge in [0.15, 0.2) is 11.4 Å². The summed E-state index contributed by atoms with van der Waals surface area (Å²) in [5, 5.41) is 0.756. The number of para-hydroxylation sites is 2. The molecule has 3 aromatic rings. The van der Waals surface area contributed by atoms with Crippen LogP contribution in [0.3, 0.4) is 0 Å². The predicted octanol–water partition coefficient (Wildman–Crippen LogP) is 4.58. The molecule has 4 rings (SSSR count). The molecule has 30 heavy (non-hydrogen) atoms. The molecule has 0 radical (unpaired) electrons. The van der Waals surface area contributed by atoms with Crippen molar-refractivity contribution >= 4 is 46.0 Å². The van der Waals surface area contributed by atoms with Crippen molar-refractivity contribution in [2.45, 2.75) is 25.8 Å². The van der Waals surface area contributed by atoms with E-state index >= 15 is 0 Å². The van der Waals surface area contributed by atoms with Gasteiger partial charge in [-0.25, -0.2) is 4.79 Å². The van der Waals surface area contributed by atoms with Gasteiger partial charge in [-0.2, -0.15) is 0 Å². The second kappa shape index (κ2) is 8.28. The Kier molecular flexibility index (Phi) is 5.71. The van der Waals surface area contributed by atoms with Crippen molar-refractivity contribution in [3.05, 3.63) is 68.6 Å². The van der Waals surface area contributed by atoms with E-state index in [9.17, 15) is 14.4 Å². The highest BCUT2D eigenvalue weighted by Gasteiger charge is 2.31. The predicted molar refractivity (Wildman–Crippen MR) is 115 cm³/mol. The molecule has 2 aromatic carbocycles. The molecule has 0 N–H and O–H groups in total. The Hall–Kier alpha value is -2.57. The monoisotopic (exact) mass is 446 g/mol. The van der Waals surface area contributed by atoms with E-state index in [4.69, 9.17) is 27.6 Å². The third kappa shape index (κ3) is 3.77. The number of carbonyl (C=O) groups is 2. The number of halogens is 2. The lowest BCUT2D eigenvalue weighted by Crippen LogP contribution is -2.44. The summed E-state index contributed by atoms with van der Waals surface area (Å²) in [5.74, 6) is -0.893. The lowest BCUT2D eigenvalue weighted by molar-refractivity contribution is -0.135. The highest BCUT2D eigenvalue weighted by molar-refractivity contribution is 6.42. The van der Waals surface area contributed by atoms with Gasteiger partial charge < -0.3 is 9.32 Å². The third-order valence-electron chi connectivity index (χ3n) is 5.64. The molecular formula is C22H20Cl2N2O4. The van der Waals surface area contributed by atoms with Crippen LogP contribution in [0.25, 0.3) is 11.1 Å². The fraction of sp³-hybridized carbons (Fsp3) is 0.318. The van der Waals surface area contributed by atoms with E-state index in [1.807, 2.05) is 0 Å². The van der Waals surface area contributed by atoms with Crippen LogP contribution in [0.1, 0.15) is 36.2 Å². The number of likely N-dealkylation sites (tertiary alicyclic amines) is 1. The zero-order valence-electron chi connectivity index (χ0n) is 16.3. The summed E-state index contributed by atoms with van der Waals surface area (Å²) in [5.41, 5.74) is 1.57. The van der Waals surface area contributed by atoms with Crippen molar-refractivity contribution in [1.29, 1.82) is 0 Å². The number of Topliss-reactive ketones (excluding diaryl/α,β-unsaturated/α-hetero) is 1. The zero-order chi connectivity index (χ0) is 21.4. The van der Waals surface area contributed by atoms with Crippen LogP contribution in [0.15, 0.2) is 51.7 Å². The minimum absolute atomic E-state index is 0.00534. The van der Waals surface area contributed by atoms with Gasteiger partial charge in [0.1, 0.15) is 6.04 Å². The van der Waals surface area contributed by atoms with Crippen LogP contribution in [0.4, 0.5) is 0 Å². The minimum atomic E-state index is -0.691. The third-order valence-corrected chi connectivity index (χ3v) is 6.38. The number of oxazole rings is 1. The van der Waals surface area contributed by atoms with Crippen LogP contribution in [0, 0.1) is 5.92 Å². The first kappa shape index (κ1) is 20.7. The summed E-state index contributed by atoms with van der Waals surface area (Å²) in [6.45, 7) is 2.59. The summed E-state index contributed by atoms with van der Waals surface area (Å²) < 4.78 is 6.62. The van der Waals surface area contributed by atoms with Gasteiger partial charge in [0.2, 0.25) is 5.91 Å². The van der Waals surface area contributed by atoms with Crippen molar-refractivity contribution in [3.63, 3.8) is 0 Å². The first-order valence-corrected chi connectivity index (χ1v) is 10.5. The van der Waals surface area contributed by atoms with Gasteiger partial charge in [0.25, 0.3) is 0 Å². The van der Waals surface area contributed by atoms with Gasteiger partial charge in [-0.15, -0.1) is 0 Å². The highest BCUT2D eigenvalue weighted by Crippen LogP contribution is 2.28. The molecular weight excluding hydrogens is 427 g/mol. The van der Waals surface area contributed by atoms with Gasteiger partial charge in [0.05, 0.1) is 15.6 Å². The molecule has 1 fully saturated rings. The van der Waals surface area contributed by atoms with E-state index in [2.05, 4.69) is 0 Å². The van der Waals surface area contributed by atoms with E-state index in [1.54, 1.807) is 54.3 Å². The maximum atomic E-state index is 13.0. The van der Waals surface area contributed by atoms with Gasteiger partial charge in [-0.05, 0) is 50.1 Å². The Bertz CT molecular complexity index is 1180. The van der Waals surface area contributed by atoms with Crippen LogP contribution < -0.4 is 5.76 Å². The van der Waals surface area contributed by atoms with Crippen LogP contribution in [-0.4, -0.2) is 34.2 Å². The number of rotatable bonds is 4. The maximum absolute atomic E-state index is 13.0. The first-order chi connectivity index (χ1) is 14.4. The zero-order valence-corrected chi connectivity index (χ0v) is 17.8. The van der Waals surface area contributed by atoms with Gasteiger partial charge >= 0.3 is 5.76 Å². The number of carbonyl (C=O) groups excluding carboxylic acids is 2.